The molecule has 0 aliphatic heterocycles. The molecule has 2 aliphatic rings. The molecule has 180 valence electrons. The predicted octanol–water partition coefficient (Wildman–Crippen LogP) is 3.25. The number of amides is 1. The fraction of sp³-hybridized carbons (Fsp3) is 0.346. The van der Waals surface area contributed by atoms with Gasteiger partial charge in [-0.3, -0.25) is 9.59 Å². The molecular weight excluding hydrogens is 466 g/mol. The number of nitrogens with zero attached hydrogens (tertiary/aromatic N) is 2. The number of aryl methyl sites for hydroxylation is 1. The smallest absolute Gasteiger partial charge is 0.263 e. The van der Waals surface area contributed by atoms with Crippen LogP contribution in [0.25, 0.3) is 10.9 Å². The molecular formula is C26H25N3O5S. The third kappa shape index (κ3) is 4.03. The van der Waals surface area contributed by atoms with Crippen molar-refractivity contribution in [2.75, 3.05) is 6.61 Å². The molecule has 2 saturated carbocycles. The summed E-state index contributed by atoms with van der Waals surface area (Å²) < 4.78 is 28.7. The molecule has 1 amide bonds. The Balaban J connectivity index is 1.37. The van der Waals surface area contributed by atoms with Crippen molar-refractivity contribution in [3.05, 3.63) is 75.6 Å². The van der Waals surface area contributed by atoms with Crippen LogP contribution in [-0.4, -0.2) is 30.6 Å². The first kappa shape index (κ1) is 23.3. The number of nitriles is 1. The minimum absolute atomic E-state index is 0.0251. The van der Waals surface area contributed by atoms with E-state index in [9.17, 15) is 18.4 Å². The summed E-state index contributed by atoms with van der Waals surface area (Å²) in [7, 11) is 1.60. The number of para-hydroxylation sites is 1. The minimum atomic E-state index is -1.88. The maximum atomic E-state index is 13.1. The number of carbonyl (C=O) groups excluding carboxylic acids is 1. The first-order valence-electron chi connectivity index (χ1n) is 11.4. The third-order valence-electron chi connectivity index (χ3n) is 7.34. The highest BCUT2D eigenvalue weighted by atomic mass is 32.2. The van der Waals surface area contributed by atoms with Gasteiger partial charge in [0.2, 0.25) is 0 Å². The quantitative estimate of drug-likeness (QED) is 0.467. The van der Waals surface area contributed by atoms with Crippen molar-refractivity contribution < 1.29 is 18.3 Å². The van der Waals surface area contributed by atoms with E-state index in [1.165, 1.54) is 4.57 Å². The zero-order valence-corrected chi connectivity index (χ0v) is 20.1. The lowest BCUT2D eigenvalue weighted by Crippen LogP contribution is -2.34. The van der Waals surface area contributed by atoms with E-state index in [1.54, 1.807) is 49.5 Å². The van der Waals surface area contributed by atoms with Crippen molar-refractivity contribution in [1.29, 1.82) is 5.26 Å². The molecule has 5 rings (SSSR count). The van der Waals surface area contributed by atoms with Crippen LogP contribution in [0.5, 0.6) is 5.75 Å². The van der Waals surface area contributed by atoms with Gasteiger partial charge in [0.25, 0.3) is 11.5 Å². The number of benzene rings is 2. The zero-order valence-electron chi connectivity index (χ0n) is 19.2. The fourth-order valence-electron chi connectivity index (χ4n) is 4.87. The number of hydrogen-bond donors (Lipinski definition) is 2. The first-order valence-corrected chi connectivity index (χ1v) is 12.5. The lowest BCUT2D eigenvalue weighted by molar-refractivity contribution is 0.0949. The van der Waals surface area contributed by atoms with E-state index in [2.05, 4.69) is 5.32 Å². The number of nitrogens with one attached hydrogen (secondary N) is 1. The number of pyridine rings is 1. The Morgan fingerprint density at radius 3 is 2.51 bits per heavy atom. The van der Waals surface area contributed by atoms with E-state index in [0.29, 0.717) is 28.8 Å². The molecule has 2 N–H and O–H groups in total. The van der Waals surface area contributed by atoms with Crippen molar-refractivity contribution in [1.82, 2.24) is 9.88 Å². The van der Waals surface area contributed by atoms with Gasteiger partial charge in [-0.05, 0) is 55.5 Å². The van der Waals surface area contributed by atoms with Crippen LogP contribution in [0.2, 0.25) is 0 Å². The van der Waals surface area contributed by atoms with Crippen molar-refractivity contribution in [2.45, 2.75) is 37.0 Å². The summed E-state index contributed by atoms with van der Waals surface area (Å²) in [4.78, 5) is 25.9. The van der Waals surface area contributed by atoms with Crippen molar-refractivity contribution >= 4 is 27.9 Å². The van der Waals surface area contributed by atoms with E-state index in [1.807, 2.05) is 12.1 Å². The Morgan fingerprint density at radius 2 is 1.91 bits per heavy atom. The Labute approximate surface area is 204 Å². The second kappa shape index (κ2) is 8.63. The van der Waals surface area contributed by atoms with Crippen LogP contribution in [0.4, 0.5) is 0 Å². The summed E-state index contributed by atoms with van der Waals surface area (Å²) in [5.74, 6) is 0.0265. The standard InChI is InChI=1S/C26H25N3O5S/c1-29-22-19(3-2-4-21(22)34-16-25(9-10-25)26(11-12-26)35(32)33)13-20(24(29)31)23(30)28-15-18-7-5-17(14-27)6-8-18/h2-8,13H,9-12,15-16H2,1H3,(H,28,30)(H,32,33). The maximum Gasteiger partial charge on any atom is 0.263 e. The topological polar surface area (TPSA) is 121 Å². The van der Waals surface area contributed by atoms with Gasteiger partial charge in [0.1, 0.15) is 11.3 Å². The van der Waals surface area contributed by atoms with Crippen LogP contribution in [0.15, 0.2) is 53.3 Å². The van der Waals surface area contributed by atoms with E-state index in [-0.39, 0.29) is 17.5 Å². The highest BCUT2D eigenvalue weighted by Gasteiger charge is 2.69. The molecule has 1 atom stereocenters. The van der Waals surface area contributed by atoms with Gasteiger partial charge < -0.3 is 19.2 Å². The molecule has 0 radical (unpaired) electrons. The van der Waals surface area contributed by atoms with E-state index in [4.69, 9.17) is 10.00 Å². The van der Waals surface area contributed by atoms with Crippen LogP contribution < -0.4 is 15.6 Å². The molecule has 8 nitrogen and oxygen atoms in total. The van der Waals surface area contributed by atoms with Crippen LogP contribution in [-0.2, 0) is 24.7 Å². The van der Waals surface area contributed by atoms with Gasteiger partial charge in [0, 0.05) is 24.4 Å². The van der Waals surface area contributed by atoms with Gasteiger partial charge in [0.15, 0.2) is 11.1 Å². The number of fused-ring (bicyclic) bond motifs is 1. The fourth-order valence-corrected chi connectivity index (χ4v) is 5.95. The van der Waals surface area contributed by atoms with Gasteiger partial charge in [-0.15, -0.1) is 0 Å². The molecule has 0 spiro atoms. The van der Waals surface area contributed by atoms with Crippen molar-refractivity contribution in [3.63, 3.8) is 0 Å². The monoisotopic (exact) mass is 491 g/mol. The lowest BCUT2D eigenvalue weighted by Gasteiger charge is -2.24. The summed E-state index contributed by atoms with van der Waals surface area (Å²) in [6, 6.07) is 15.9. The summed E-state index contributed by atoms with van der Waals surface area (Å²) in [5.41, 5.74) is 1.22. The highest BCUT2D eigenvalue weighted by Crippen LogP contribution is 2.66. The molecule has 1 aromatic heterocycles. The van der Waals surface area contributed by atoms with Crippen LogP contribution in [0.3, 0.4) is 0 Å². The average Bonchev–Trinajstić information content (AvgIpc) is 3.78. The first-order chi connectivity index (χ1) is 16.8. The molecule has 2 fully saturated rings. The van der Waals surface area contributed by atoms with Gasteiger partial charge >= 0.3 is 0 Å². The second-order valence-electron chi connectivity index (χ2n) is 9.42. The Morgan fingerprint density at radius 1 is 1.20 bits per heavy atom. The predicted molar refractivity (Wildman–Crippen MR) is 131 cm³/mol. The molecule has 1 unspecified atom stereocenters. The molecule has 35 heavy (non-hydrogen) atoms. The van der Waals surface area contributed by atoms with Gasteiger partial charge in [-0.25, -0.2) is 4.21 Å². The molecule has 0 saturated heterocycles. The highest BCUT2D eigenvalue weighted by molar-refractivity contribution is 7.81. The number of aromatic nitrogens is 1. The second-order valence-corrected chi connectivity index (χ2v) is 10.7. The van der Waals surface area contributed by atoms with Crippen molar-refractivity contribution in [2.24, 2.45) is 12.5 Å². The van der Waals surface area contributed by atoms with Crippen LogP contribution in [0.1, 0.15) is 47.2 Å². The molecule has 0 bridgehead atoms. The summed E-state index contributed by atoms with van der Waals surface area (Å²) >= 11 is -1.88. The number of ether oxygens (including phenoxy) is 1. The van der Waals surface area contributed by atoms with Gasteiger partial charge in [-0.1, -0.05) is 24.3 Å². The largest absolute Gasteiger partial charge is 0.491 e. The molecule has 1 heterocycles. The normalized spacial score (nSPS) is 17.9. The number of hydrogen-bond acceptors (Lipinski definition) is 5. The van der Waals surface area contributed by atoms with Gasteiger partial charge in [-0.2, -0.15) is 5.26 Å². The summed E-state index contributed by atoms with van der Waals surface area (Å²) in [6.45, 7) is 0.546. The summed E-state index contributed by atoms with van der Waals surface area (Å²) in [6.07, 6.45) is 3.17. The number of carbonyl (C=O) groups is 1. The van der Waals surface area contributed by atoms with Crippen LogP contribution in [0, 0.1) is 16.7 Å². The Kier molecular flexibility index (Phi) is 5.74. The third-order valence-corrected chi connectivity index (χ3v) is 8.85. The lowest BCUT2D eigenvalue weighted by atomic mass is 10.0. The molecule has 3 aromatic rings. The Hall–Kier alpha value is -3.48. The van der Waals surface area contributed by atoms with E-state index >= 15 is 0 Å². The van der Waals surface area contributed by atoms with E-state index < -0.39 is 27.3 Å². The summed E-state index contributed by atoms with van der Waals surface area (Å²) in [5, 5.41) is 12.4. The molecule has 9 heteroatoms. The SMILES string of the molecule is Cn1c(=O)c(C(=O)NCc2ccc(C#N)cc2)cc2cccc(OCC3(C4(S(=O)O)CC4)CC3)c21. The molecule has 2 aliphatic carbocycles. The average molecular weight is 492 g/mol. The van der Waals surface area contributed by atoms with Crippen LogP contribution >= 0.6 is 0 Å². The maximum absolute atomic E-state index is 13.1. The minimum Gasteiger partial charge on any atom is -0.491 e. The number of rotatable bonds is 8. The van der Waals surface area contributed by atoms with E-state index in [0.717, 1.165) is 31.2 Å². The van der Waals surface area contributed by atoms with Gasteiger partial charge in [0.05, 0.1) is 28.5 Å². The van der Waals surface area contributed by atoms with Crippen molar-refractivity contribution in [3.8, 4) is 11.8 Å². The molecule has 2 aromatic carbocycles. The zero-order chi connectivity index (χ0) is 24.8. The Bertz CT molecular complexity index is 1450.